The van der Waals surface area contributed by atoms with Crippen LogP contribution in [0.3, 0.4) is 0 Å². The zero-order valence-electron chi connectivity index (χ0n) is 12.5. The Hall–Kier alpha value is -3.28. The van der Waals surface area contributed by atoms with Gasteiger partial charge in [-0.1, -0.05) is 24.3 Å². The molecular weight excluding hydrogens is 310 g/mol. The van der Waals surface area contributed by atoms with Crippen molar-refractivity contribution in [1.82, 2.24) is 0 Å². The molecule has 1 atom stereocenters. The van der Waals surface area contributed by atoms with Gasteiger partial charge in [0.25, 0.3) is 0 Å². The Bertz CT molecular complexity index is 867. The molecule has 6 heteroatoms. The van der Waals surface area contributed by atoms with Gasteiger partial charge in [0.2, 0.25) is 5.69 Å². The first kappa shape index (κ1) is 15.6. The second-order valence-corrected chi connectivity index (χ2v) is 5.48. The molecule has 0 bridgehead atoms. The number of carboxylic acids is 2. The molecule has 0 amide bonds. The summed E-state index contributed by atoms with van der Waals surface area (Å²) in [5, 5.41) is 18.2. The van der Waals surface area contributed by atoms with Crippen LogP contribution >= 0.6 is 0 Å². The summed E-state index contributed by atoms with van der Waals surface area (Å²) in [5.74, 6) is -3.86. The number of aromatic carboxylic acids is 1. The second kappa shape index (κ2) is 6.08. The van der Waals surface area contributed by atoms with Crippen molar-refractivity contribution in [3.05, 3.63) is 65.2 Å². The summed E-state index contributed by atoms with van der Waals surface area (Å²) in [6.45, 7) is 0.341. The van der Waals surface area contributed by atoms with Crippen molar-refractivity contribution >= 4 is 29.6 Å². The van der Waals surface area contributed by atoms with Crippen molar-refractivity contribution in [3.8, 4) is 0 Å². The van der Waals surface area contributed by atoms with Crippen molar-refractivity contribution in [2.24, 2.45) is 5.92 Å². The Balaban J connectivity index is 1.98. The van der Waals surface area contributed by atoms with E-state index in [1.165, 1.54) is 18.3 Å². The number of ketones is 1. The molecule has 0 fully saturated rings. The molecular formula is C18H14NO5+. The highest BCUT2D eigenvalue weighted by atomic mass is 16.4. The summed E-state index contributed by atoms with van der Waals surface area (Å²) in [5.41, 5.74) is 2.00. The number of fused-ring (bicyclic) bond motifs is 1. The average molecular weight is 324 g/mol. The summed E-state index contributed by atoms with van der Waals surface area (Å²) in [7, 11) is 0. The number of nitrogens with zero attached hydrogens (tertiary/aromatic N) is 1. The first-order chi connectivity index (χ1) is 11.5. The van der Waals surface area contributed by atoms with Crippen molar-refractivity contribution in [3.63, 3.8) is 0 Å². The Morgan fingerprint density at radius 2 is 1.67 bits per heavy atom. The number of para-hydroxylation sites is 1. The van der Waals surface area contributed by atoms with E-state index in [2.05, 4.69) is 0 Å². The number of carboxylic acid groups (broad SMARTS) is 2. The third kappa shape index (κ3) is 2.81. The van der Waals surface area contributed by atoms with Gasteiger partial charge in [-0.25, -0.2) is 4.79 Å². The fourth-order valence-electron chi connectivity index (χ4n) is 2.69. The Morgan fingerprint density at radius 3 is 2.29 bits per heavy atom. The van der Waals surface area contributed by atoms with Crippen LogP contribution in [0.25, 0.3) is 0 Å². The lowest BCUT2D eigenvalue weighted by molar-refractivity contribution is -0.456. The van der Waals surface area contributed by atoms with E-state index in [9.17, 15) is 19.5 Å². The summed E-state index contributed by atoms with van der Waals surface area (Å²) >= 11 is 0. The van der Waals surface area contributed by atoms with Gasteiger partial charge in [0, 0.05) is 11.6 Å². The summed E-state index contributed by atoms with van der Waals surface area (Å²) in [4.78, 5) is 34.5. The lowest BCUT2D eigenvalue weighted by Gasteiger charge is -2.15. The maximum Gasteiger partial charge on any atom is 0.335 e. The summed E-state index contributed by atoms with van der Waals surface area (Å²) in [6, 6.07) is 13.2. The highest BCUT2D eigenvalue weighted by molar-refractivity contribution is 6.20. The third-order valence-corrected chi connectivity index (χ3v) is 3.91. The Kier molecular flexibility index (Phi) is 3.95. The number of rotatable bonds is 4. The largest absolute Gasteiger partial charge is 0.480 e. The monoisotopic (exact) mass is 324 g/mol. The van der Waals surface area contributed by atoms with Crippen LogP contribution in [0.1, 0.15) is 26.3 Å². The van der Waals surface area contributed by atoms with E-state index in [0.717, 1.165) is 5.56 Å². The van der Waals surface area contributed by atoms with Gasteiger partial charge in [-0.2, -0.15) is 4.58 Å². The van der Waals surface area contributed by atoms with Gasteiger partial charge in [-0.15, -0.1) is 0 Å². The number of Topliss-reactive ketones (excluding diaryl/α,β-unsaturated/α-hetero) is 1. The van der Waals surface area contributed by atoms with Crippen LogP contribution in [0.2, 0.25) is 0 Å². The summed E-state index contributed by atoms with van der Waals surface area (Å²) < 4.78 is 1.71. The van der Waals surface area contributed by atoms with E-state index in [-0.39, 0.29) is 5.56 Å². The van der Waals surface area contributed by atoms with E-state index in [1.54, 1.807) is 41.0 Å². The van der Waals surface area contributed by atoms with Gasteiger partial charge >= 0.3 is 11.9 Å². The first-order valence-electron chi connectivity index (χ1n) is 7.27. The molecule has 120 valence electrons. The number of carbonyl (C=O) groups excluding carboxylic acids is 1. The molecule has 24 heavy (non-hydrogen) atoms. The minimum atomic E-state index is -1.22. The molecule has 0 saturated heterocycles. The molecule has 2 aromatic rings. The second-order valence-electron chi connectivity index (χ2n) is 5.48. The topological polar surface area (TPSA) is 94.7 Å². The van der Waals surface area contributed by atoms with Gasteiger partial charge in [0.1, 0.15) is 0 Å². The van der Waals surface area contributed by atoms with E-state index in [0.29, 0.717) is 17.8 Å². The van der Waals surface area contributed by atoms with Gasteiger partial charge in [0.15, 0.2) is 24.5 Å². The maximum atomic E-state index is 12.3. The molecule has 6 nitrogen and oxygen atoms in total. The van der Waals surface area contributed by atoms with Crippen LogP contribution in [0, 0.1) is 5.92 Å². The molecule has 1 aliphatic rings. The molecule has 0 aliphatic carbocycles. The molecule has 2 aromatic carbocycles. The highest BCUT2D eigenvalue weighted by Crippen LogP contribution is 2.27. The SMILES string of the molecule is O=C(O)c1ccc(C[N+]2=CC(C(=O)O)C(=O)c3ccccc32)cc1. The summed E-state index contributed by atoms with van der Waals surface area (Å²) in [6.07, 6.45) is 1.40. The predicted molar refractivity (Wildman–Crippen MR) is 85.0 cm³/mol. The molecule has 1 heterocycles. The average Bonchev–Trinajstić information content (AvgIpc) is 2.57. The predicted octanol–water partition coefficient (Wildman–Crippen LogP) is 2.20. The van der Waals surface area contributed by atoms with E-state index < -0.39 is 23.6 Å². The van der Waals surface area contributed by atoms with E-state index in [4.69, 9.17) is 5.11 Å². The van der Waals surface area contributed by atoms with Crippen LogP contribution in [-0.2, 0) is 11.3 Å². The van der Waals surface area contributed by atoms with Crippen molar-refractivity contribution in [2.45, 2.75) is 6.54 Å². The number of aliphatic carboxylic acids is 1. The minimum absolute atomic E-state index is 0.181. The minimum Gasteiger partial charge on any atom is -0.480 e. The zero-order chi connectivity index (χ0) is 17.3. The fraction of sp³-hybridized carbons (Fsp3) is 0.111. The molecule has 0 aromatic heterocycles. The van der Waals surface area contributed by atoms with Gasteiger partial charge in [-0.3, -0.25) is 9.59 Å². The van der Waals surface area contributed by atoms with Crippen LogP contribution in [-0.4, -0.2) is 38.7 Å². The van der Waals surface area contributed by atoms with Gasteiger partial charge in [-0.05, 0) is 18.2 Å². The molecule has 1 unspecified atom stereocenters. The quantitative estimate of drug-likeness (QED) is 0.664. The first-order valence-corrected chi connectivity index (χ1v) is 7.27. The standard InChI is InChI=1S/C18H13NO5/c20-16-13-3-1-2-4-15(13)19(10-14(16)18(23)24)9-11-5-7-12(8-6-11)17(21)22/h1-8,10,14H,9H2,(H-,21,22,23,24)/p+1. The smallest absolute Gasteiger partial charge is 0.335 e. The van der Waals surface area contributed by atoms with Crippen LogP contribution < -0.4 is 0 Å². The highest BCUT2D eigenvalue weighted by Gasteiger charge is 2.37. The molecule has 0 spiro atoms. The van der Waals surface area contributed by atoms with E-state index in [1.807, 2.05) is 0 Å². The van der Waals surface area contributed by atoms with Crippen LogP contribution in [0.5, 0.6) is 0 Å². The molecule has 1 aliphatic heterocycles. The van der Waals surface area contributed by atoms with Gasteiger partial charge < -0.3 is 10.2 Å². The lowest BCUT2D eigenvalue weighted by atomic mass is 9.93. The molecule has 0 radical (unpaired) electrons. The zero-order valence-corrected chi connectivity index (χ0v) is 12.5. The molecule has 3 rings (SSSR count). The lowest BCUT2D eigenvalue weighted by Crippen LogP contribution is -2.33. The molecule has 2 N–H and O–H groups in total. The Morgan fingerprint density at radius 1 is 1.00 bits per heavy atom. The fourth-order valence-corrected chi connectivity index (χ4v) is 2.69. The van der Waals surface area contributed by atoms with Crippen LogP contribution in [0.15, 0.2) is 48.5 Å². The number of carbonyl (C=O) groups is 3. The third-order valence-electron chi connectivity index (χ3n) is 3.91. The van der Waals surface area contributed by atoms with Gasteiger partial charge in [0.05, 0.1) is 11.1 Å². The van der Waals surface area contributed by atoms with Crippen molar-refractivity contribution < 1.29 is 29.2 Å². The number of hydrogen-bond acceptors (Lipinski definition) is 3. The molecule has 0 saturated carbocycles. The maximum absolute atomic E-state index is 12.3. The Labute approximate surface area is 137 Å². The van der Waals surface area contributed by atoms with Crippen molar-refractivity contribution in [2.75, 3.05) is 0 Å². The number of benzene rings is 2. The van der Waals surface area contributed by atoms with E-state index >= 15 is 0 Å². The number of hydrogen-bond donors (Lipinski definition) is 2. The normalized spacial score (nSPS) is 16.2. The van der Waals surface area contributed by atoms with Crippen molar-refractivity contribution in [1.29, 1.82) is 0 Å². The van der Waals surface area contributed by atoms with Crippen LogP contribution in [0.4, 0.5) is 5.69 Å².